The number of carboxylic acids is 1. The number of carbonyl (C=O) groups is 2. The van der Waals surface area contributed by atoms with Crippen LogP contribution in [0.25, 0.3) is 0 Å². The van der Waals surface area contributed by atoms with Gasteiger partial charge in [0, 0.05) is 12.2 Å². The van der Waals surface area contributed by atoms with E-state index in [1.807, 2.05) is 0 Å². The molecule has 0 bridgehead atoms. The van der Waals surface area contributed by atoms with Gasteiger partial charge < -0.3 is 15.7 Å². The number of allylic oxidation sites excluding steroid dienone is 1. The first-order valence-electron chi connectivity index (χ1n) is 6.10. The zero-order chi connectivity index (χ0) is 13.7. The van der Waals surface area contributed by atoms with E-state index in [0.717, 1.165) is 19.3 Å². The summed E-state index contributed by atoms with van der Waals surface area (Å²) in [6, 6.07) is -0.144. The van der Waals surface area contributed by atoms with E-state index in [9.17, 15) is 9.59 Å². The molecule has 0 saturated carbocycles. The van der Waals surface area contributed by atoms with Gasteiger partial charge in [0.15, 0.2) is 0 Å². The van der Waals surface area contributed by atoms with Crippen molar-refractivity contribution in [3.8, 4) is 0 Å². The molecule has 0 saturated heterocycles. The number of nitrogens with one attached hydrogen (secondary N) is 2. The van der Waals surface area contributed by atoms with Gasteiger partial charge in [0.25, 0.3) is 0 Å². The number of nitrogens with zero attached hydrogens (tertiary/aromatic N) is 2. The van der Waals surface area contributed by atoms with Crippen molar-refractivity contribution in [2.75, 3.05) is 5.32 Å². The number of rotatable bonds is 4. The number of aliphatic carboxylic acids is 1. The molecule has 1 unspecified atom stereocenters. The van der Waals surface area contributed by atoms with Gasteiger partial charge >= 0.3 is 12.0 Å². The quantitative estimate of drug-likeness (QED) is 0.712. The molecule has 102 valence electrons. The first-order valence-corrected chi connectivity index (χ1v) is 6.10. The molecule has 0 aliphatic heterocycles. The molecule has 1 aliphatic rings. The number of amides is 2. The molecule has 7 heteroatoms. The summed E-state index contributed by atoms with van der Waals surface area (Å²) in [5.74, 6) is -0.979. The second kappa shape index (κ2) is 6.03. The van der Waals surface area contributed by atoms with Crippen LogP contribution in [-0.2, 0) is 11.3 Å². The Labute approximate surface area is 110 Å². The molecule has 0 spiro atoms. The summed E-state index contributed by atoms with van der Waals surface area (Å²) in [7, 11) is 0. The number of carboxylic acid groups (broad SMARTS) is 1. The summed E-state index contributed by atoms with van der Waals surface area (Å²) in [5.41, 5.74) is 0.477. The van der Waals surface area contributed by atoms with E-state index in [4.69, 9.17) is 5.11 Å². The zero-order valence-corrected chi connectivity index (χ0v) is 10.4. The molecule has 0 radical (unpaired) electrons. The fourth-order valence-electron chi connectivity index (χ4n) is 1.93. The fraction of sp³-hybridized carbons (Fsp3) is 0.417. The molecule has 1 atom stereocenters. The summed E-state index contributed by atoms with van der Waals surface area (Å²) < 4.78 is 1.25. The molecule has 7 nitrogen and oxygen atoms in total. The van der Waals surface area contributed by atoms with E-state index in [1.165, 1.54) is 17.1 Å². The summed E-state index contributed by atoms with van der Waals surface area (Å²) in [5, 5.41) is 17.9. The second-order valence-electron chi connectivity index (χ2n) is 4.40. The molecule has 2 amide bonds. The van der Waals surface area contributed by atoms with Crippen LogP contribution in [0.1, 0.15) is 19.3 Å². The SMILES string of the molecule is O=C(O)Cn1cc(NC(=O)NC2CC=CCC2)cn1. The van der Waals surface area contributed by atoms with Crippen LogP contribution in [0.4, 0.5) is 10.5 Å². The Morgan fingerprint density at radius 3 is 3.00 bits per heavy atom. The van der Waals surface area contributed by atoms with Gasteiger partial charge in [0.2, 0.25) is 0 Å². The predicted molar refractivity (Wildman–Crippen MR) is 68.8 cm³/mol. The van der Waals surface area contributed by atoms with Crippen LogP contribution in [0.15, 0.2) is 24.5 Å². The van der Waals surface area contributed by atoms with Crippen LogP contribution >= 0.6 is 0 Å². The lowest BCUT2D eigenvalue weighted by molar-refractivity contribution is -0.137. The van der Waals surface area contributed by atoms with Gasteiger partial charge in [-0.3, -0.25) is 9.48 Å². The van der Waals surface area contributed by atoms with Crippen LogP contribution < -0.4 is 10.6 Å². The largest absolute Gasteiger partial charge is 0.480 e. The van der Waals surface area contributed by atoms with E-state index in [1.54, 1.807) is 0 Å². The summed E-state index contributed by atoms with van der Waals surface area (Å²) >= 11 is 0. The standard InChI is InChI=1S/C12H16N4O3/c17-11(18)8-16-7-10(6-13-16)15-12(19)14-9-4-2-1-3-5-9/h1-2,6-7,9H,3-5,8H2,(H,17,18)(H2,14,15,19). The summed E-state index contributed by atoms with van der Waals surface area (Å²) in [6.45, 7) is -0.225. The lowest BCUT2D eigenvalue weighted by Crippen LogP contribution is -2.38. The van der Waals surface area contributed by atoms with Gasteiger partial charge in [-0.25, -0.2) is 4.79 Å². The van der Waals surface area contributed by atoms with Crippen molar-refractivity contribution >= 4 is 17.7 Å². The van der Waals surface area contributed by atoms with E-state index < -0.39 is 5.97 Å². The molecular formula is C12H16N4O3. The molecule has 1 aliphatic carbocycles. The van der Waals surface area contributed by atoms with Gasteiger partial charge in [-0.15, -0.1) is 0 Å². The molecule has 1 aromatic rings. The molecular weight excluding hydrogens is 248 g/mol. The number of hydrogen-bond donors (Lipinski definition) is 3. The van der Waals surface area contributed by atoms with Crippen molar-refractivity contribution in [3.63, 3.8) is 0 Å². The van der Waals surface area contributed by atoms with Gasteiger partial charge in [-0.2, -0.15) is 5.10 Å². The van der Waals surface area contributed by atoms with E-state index >= 15 is 0 Å². The van der Waals surface area contributed by atoms with Crippen LogP contribution in [0, 0.1) is 0 Å². The molecule has 0 fully saturated rings. The highest BCUT2D eigenvalue weighted by atomic mass is 16.4. The molecule has 19 heavy (non-hydrogen) atoms. The minimum absolute atomic E-state index is 0.152. The summed E-state index contributed by atoms with van der Waals surface area (Å²) in [4.78, 5) is 22.2. The molecule has 3 N–H and O–H groups in total. The predicted octanol–water partition coefficient (Wildman–Crippen LogP) is 1.20. The molecule has 1 heterocycles. The maximum absolute atomic E-state index is 11.7. The lowest BCUT2D eigenvalue weighted by Gasteiger charge is -2.19. The van der Waals surface area contributed by atoms with Crippen molar-refractivity contribution in [3.05, 3.63) is 24.5 Å². The van der Waals surface area contributed by atoms with Gasteiger partial charge in [-0.1, -0.05) is 12.2 Å². The van der Waals surface area contributed by atoms with Gasteiger partial charge in [0.05, 0.1) is 11.9 Å². The summed E-state index contributed by atoms with van der Waals surface area (Å²) in [6.07, 6.45) is 9.80. The van der Waals surface area contributed by atoms with Gasteiger partial charge in [0.1, 0.15) is 6.54 Å². The average Bonchev–Trinajstić information content (AvgIpc) is 2.76. The number of urea groups is 1. The maximum atomic E-state index is 11.7. The van der Waals surface area contributed by atoms with Crippen molar-refractivity contribution in [2.24, 2.45) is 0 Å². The van der Waals surface area contributed by atoms with Crippen LogP contribution in [0.3, 0.4) is 0 Å². The minimum atomic E-state index is -0.979. The Bertz CT molecular complexity index is 495. The number of hydrogen-bond acceptors (Lipinski definition) is 3. The third kappa shape index (κ3) is 4.13. The van der Waals surface area contributed by atoms with E-state index in [0.29, 0.717) is 5.69 Å². The first kappa shape index (κ1) is 13.1. The third-order valence-corrected chi connectivity index (χ3v) is 2.79. The number of carbonyl (C=O) groups excluding carboxylic acids is 1. The first-order chi connectivity index (χ1) is 9.13. The zero-order valence-electron chi connectivity index (χ0n) is 10.4. The monoisotopic (exact) mass is 264 g/mol. The van der Waals surface area contributed by atoms with Crippen molar-refractivity contribution in [1.82, 2.24) is 15.1 Å². The Hall–Kier alpha value is -2.31. The topological polar surface area (TPSA) is 96.2 Å². The highest BCUT2D eigenvalue weighted by Crippen LogP contribution is 2.11. The van der Waals surface area contributed by atoms with Crippen molar-refractivity contribution in [1.29, 1.82) is 0 Å². The Balaban J connectivity index is 1.82. The normalized spacial score (nSPS) is 18.0. The Morgan fingerprint density at radius 1 is 1.47 bits per heavy atom. The maximum Gasteiger partial charge on any atom is 0.325 e. The average molecular weight is 264 g/mol. The van der Waals surface area contributed by atoms with Crippen molar-refractivity contribution < 1.29 is 14.7 Å². The van der Waals surface area contributed by atoms with Gasteiger partial charge in [-0.05, 0) is 19.3 Å². The minimum Gasteiger partial charge on any atom is -0.480 e. The van der Waals surface area contributed by atoms with E-state index in [-0.39, 0.29) is 18.6 Å². The highest BCUT2D eigenvalue weighted by Gasteiger charge is 2.13. The molecule has 0 aromatic carbocycles. The number of anilines is 1. The van der Waals surface area contributed by atoms with E-state index in [2.05, 4.69) is 27.9 Å². The third-order valence-electron chi connectivity index (χ3n) is 2.79. The van der Waals surface area contributed by atoms with Crippen molar-refractivity contribution in [2.45, 2.75) is 31.8 Å². The Morgan fingerprint density at radius 2 is 2.32 bits per heavy atom. The lowest BCUT2D eigenvalue weighted by atomic mass is 10.0. The van der Waals surface area contributed by atoms with Crippen LogP contribution in [0.2, 0.25) is 0 Å². The Kier molecular flexibility index (Phi) is 4.17. The number of aromatic nitrogens is 2. The molecule has 1 aromatic heterocycles. The highest BCUT2D eigenvalue weighted by molar-refractivity contribution is 5.89. The fourth-order valence-corrected chi connectivity index (χ4v) is 1.93. The second-order valence-corrected chi connectivity index (χ2v) is 4.40. The smallest absolute Gasteiger partial charge is 0.325 e. The van der Waals surface area contributed by atoms with Crippen LogP contribution in [-0.4, -0.2) is 32.9 Å². The molecule has 2 rings (SSSR count). The van der Waals surface area contributed by atoms with Crippen LogP contribution in [0.5, 0.6) is 0 Å².